The lowest BCUT2D eigenvalue weighted by Gasteiger charge is -2.05. The maximum atomic E-state index is 5.20. The zero-order valence-electron chi connectivity index (χ0n) is 11.4. The van der Waals surface area contributed by atoms with E-state index >= 15 is 0 Å². The van der Waals surface area contributed by atoms with Gasteiger partial charge in [0.15, 0.2) is 5.82 Å². The summed E-state index contributed by atoms with van der Waals surface area (Å²) in [6.07, 6.45) is 4.86. The molecule has 1 heterocycles. The Morgan fingerprint density at radius 2 is 2.00 bits per heavy atom. The summed E-state index contributed by atoms with van der Waals surface area (Å²) in [5.74, 6) is 1.54. The molecule has 4 heteroatoms. The van der Waals surface area contributed by atoms with Crippen LogP contribution in [0.2, 0.25) is 0 Å². The minimum absolute atomic E-state index is 0.721. The van der Waals surface area contributed by atoms with Crippen molar-refractivity contribution in [2.75, 3.05) is 13.7 Å². The number of hydrogen-bond donors (Lipinski definition) is 1. The maximum absolute atomic E-state index is 5.20. The number of methoxy groups -OCH3 is 1. The van der Waals surface area contributed by atoms with Crippen molar-refractivity contribution in [3.05, 3.63) is 42.2 Å². The van der Waals surface area contributed by atoms with Crippen molar-refractivity contribution in [1.82, 2.24) is 15.3 Å². The van der Waals surface area contributed by atoms with Gasteiger partial charge in [0.05, 0.1) is 7.11 Å². The van der Waals surface area contributed by atoms with Gasteiger partial charge in [0.2, 0.25) is 0 Å². The second-order valence-corrected chi connectivity index (χ2v) is 4.32. The van der Waals surface area contributed by atoms with E-state index in [1.54, 1.807) is 7.11 Å². The van der Waals surface area contributed by atoms with E-state index in [0.717, 1.165) is 42.2 Å². The molecule has 0 fully saturated rings. The SMILES string of the molecule is CCCNCc1cnc(-c2cccc(OC)c2)nc1. The van der Waals surface area contributed by atoms with Gasteiger partial charge in [-0.25, -0.2) is 9.97 Å². The van der Waals surface area contributed by atoms with Gasteiger partial charge in [-0.2, -0.15) is 0 Å². The molecule has 2 aromatic rings. The second kappa shape index (κ2) is 6.85. The predicted octanol–water partition coefficient (Wildman–Crippen LogP) is 2.65. The largest absolute Gasteiger partial charge is 0.497 e. The van der Waals surface area contributed by atoms with Gasteiger partial charge in [0, 0.05) is 30.1 Å². The molecule has 0 radical (unpaired) electrons. The highest BCUT2D eigenvalue weighted by Crippen LogP contribution is 2.20. The number of nitrogens with one attached hydrogen (secondary N) is 1. The Kier molecular flexibility index (Phi) is 4.86. The lowest BCUT2D eigenvalue weighted by atomic mass is 10.2. The summed E-state index contributed by atoms with van der Waals surface area (Å²) in [7, 11) is 1.66. The summed E-state index contributed by atoms with van der Waals surface area (Å²) in [5.41, 5.74) is 2.06. The smallest absolute Gasteiger partial charge is 0.159 e. The summed E-state index contributed by atoms with van der Waals surface area (Å²) in [6, 6.07) is 7.76. The first-order valence-corrected chi connectivity index (χ1v) is 6.49. The van der Waals surface area contributed by atoms with Crippen LogP contribution in [0.3, 0.4) is 0 Å². The Balaban J connectivity index is 2.08. The monoisotopic (exact) mass is 257 g/mol. The summed E-state index contributed by atoms with van der Waals surface area (Å²) in [5, 5.41) is 3.33. The van der Waals surface area contributed by atoms with Crippen LogP contribution in [0.15, 0.2) is 36.7 Å². The Bertz CT molecular complexity index is 511. The van der Waals surface area contributed by atoms with E-state index in [4.69, 9.17) is 4.74 Å². The molecule has 0 unspecified atom stereocenters. The molecule has 0 aliphatic rings. The van der Waals surface area contributed by atoms with E-state index in [-0.39, 0.29) is 0 Å². The fraction of sp³-hybridized carbons (Fsp3) is 0.333. The van der Waals surface area contributed by atoms with Crippen molar-refractivity contribution in [2.24, 2.45) is 0 Å². The van der Waals surface area contributed by atoms with E-state index in [9.17, 15) is 0 Å². The number of benzene rings is 1. The molecule has 0 saturated carbocycles. The maximum Gasteiger partial charge on any atom is 0.159 e. The molecule has 0 atom stereocenters. The minimum atomic E-state index is 0.721. The van der Waals surface area contributed by atoms with Crippen molar-refractivity contribution >= 4 is 0 Å². The van der Waals surface area contributed by atoms with E-state index < -0.39 is 0 Å². The van der Waals surface area contributed by atoms with E-state index in [0.29, 0.717) is 0 Å². The number of ether oxygens (including phenoxy) is 1. The number of hydrogen-bond acceptors (Lipinski definition) is 4. The van der Waals surface area contributed by atoms with Gasteiger partial charge < -0.3 is 10.1 Å². The molecule has 1 aromatic heterocycles. The average Bonchev–Trinajstić information content (AvgIpc) is 2.48. The molecule has 0 aliphatic heterocycles. The Morgan fingerprint density at radius 3 is 2.68 bits per heavy atom. The fourth-order valence-electron chi connectivity index (χ4n) is 1.77. The quantitative estimate of drug-likeness (QED) is 0.808. The molecule has 0 bridgehead atoms. The fourth-order valence-corrected chi connectivity index (χ4v) is 1.77. The number of aromatic nitrogens is 2. The van der Waals surface area contributed by atoms with Crippen molar-refractivity contribution < 1.29 is 4.74 Å². The molecule has 100 valence electrons. The van der Waals surface area contributed by atoms with Gasteiger partial charge in [-0.1, -0.05) is 19.1 Å². The first kappa shape index (κ1) is 13.5. The van der Waals surface area contributed by atoms with Crippen molar-refractivity contribution in [3.8, 4) is 17.1 Å². The molecule has 0 amide bonds. The lowest BCUT2D eigenvalue weighted by Crippen LogP contribution is -2.14. The highest BCUT2D eigenvalue weighted by atomic mass is 16.5. The summed E-state index contributed by atoms with van der Waals surface area (Å²) < 4.78 is 5.20. The summed E-state index contributed by atoms with van der Waals surface area (Å²) in [6.45, 7) is 3.97. The van der Waals surface area contributed by atoms with Gasteiger partial charge >= 0.3 is 0 Å². The molecule has 0 spiro atoms. The van der Waals surface area contributed by atoms with E-state index in [1.807, 2.05) is 36.7 Å². The molecule has 0 saturated heterocycles. The Hall–Kier alpha value is -1.94. The van der Waals surface area contributed by atoms with Crippen molar-refractivity contribution in [2.45, 2.75) is 19.9 Å². The highest BCUT2D eigenvalue weighted by Gasteiger charge is 2.02. The van der Waals surface area contributed by atoms with E-state index in [1.165, 1.54) is 0 Å². The summed E-state index contributed by atoms with van der Waals surface area (Å²) in [4.78, 5) is 8.79. The first-order valence-electron chi connectivity index (χ1n) is 6.49. The topological polar surface area (TPSA) is 47.0 Å². The lowest BCUT2D eigenvalue weighted by molar-refractivity contribution is 0.415. The van der Waals surface area contributed by atoms with Crippen LogP contribution in [0.25, 0.3) is 11.4 Å². The molecule has 4 nitrogen and oxygen atoms in total. The summed E-state index contributed by atoms with van der Waals surface area (Å²) >= 11 is 0. The zero-order chi connectivity index (χ0) is 13.5. The van der Waals surface area contributed by atoms with Crippen LogP contribution in [-0.4, -0.2) is 23.6 Å². The normalized spacial score (nSPS) is 10.4. The number of nitrogens with zero attached hydrogens (tertiary/aromatic N) is 2. The van der Waals surface area contributed by atoms with Crippen LogP contribution in [0.5, 0.6) is 5.75 Å². The van der Waals surface area contributed by atoms with Crippen LogP contribution in [0.4, 0.5) is 0 Å². The third kappa shape index (κ3) is 3.76. The van der Waals surface area contributed by atoms with Crippen molar-refractivity contribution in [1.29, 1.82) is 0 Å². The standard InChI is InChI=1S/C15H19N3O/c1-3-7-16-9-12-10-17-15(18-11-12)13-5-4-6-14(8-13)19-2/h4-6,8,10-11,16H,3,7,9H2,1-2H3. The van der Waals surface area contributed by atoms with Gasteiger partial charge in [0.1, 0.15) is 5.75 Å². The van der Waals surface area contributed by atoms with Crippen molar-refractivity contribution in [3.63, 3.8) is 0 Å². The molecular formula is C15H19N3O. The van der Waals surface area contributed by atoms with Crippen LogP contribution >= 0.6 is 0 Å². The molecule has 1 aromatic carbocycles. The average molecular weight is 257 g/mol. The van der Waals surface area contributed by atoms with Gasteiger partial charge in [-0.05, 0) is 25.1 Å². The zero-order valence-corrected chi connectivity index (χ0v) is 11.4. The third-order valence-corrected chi connectivity index (χ3v) is 2.79. The molecule has 19 heavy (non-hydrogen) atoms. The molecule has 0 aliphatic carbocycles. The third-order valence-electron chi connectivity index (χ3n) is 2.79. The van der Waals surface area contributed by atoms with Crippen LogP contribution in [0.1, 0.15) is 18.9 Å². The minimum Gasteiger partial charge on any atom is -0.497 e. The number of rotatable bonds is 6. The van der Waals surface area contributed by atoms with Gasteiger partial charge in [-0.3, -0.25) is 0 Å². The second-order valence-electron chi connectivity index (χ2n) is 4.32. The molecule has 2 rings (SSSR count). The molecule has 1 N–H and O–H groups in total. The predicted molar refractivity (Wildman–Crippen MR) is 76.0 cm³/mol. The van der Waals surface area contributed by atoms with Crippen LogP contribution in [0, 0.1) is 0 Å². The van der Waals surface area contributed by atoms with E-state index in [2.05, 4.69) is 22.2 Å². The van der Waals surface area contributed by atoms with Gasteiger partial charge in [0.25, 0.3) is 0 Å². The van der Waals surface area contributed by atoms with Crippen LogP contribution < -0.4 is 10.1 Å². The first-order chi connectivity index (χ1) is 9.33. The van der Waals surface area contributed by atoms with Crippen LogP contribution in [-0.2, 0) is 6.54 Å². The Morgan fingerprint density at radius 1 is 1.21 bits per heavy atom. The Labute approximate surface area is 113 Å². The molecular weight excluding hydrogens is 238 g/mol. The van der Waals surface area contributed by atoms with Gasteiger partial charge in [-0.15, -0.1) is 0 Å². The highest BCUT2D eigenvalue weighted by molar-refractivity contribution is 5.57.